The Kier molecular flexibility index (Phi) is 5.03. The highest BCUT2D eigenvalue weighted by atomic mass is 16.5. The van der Waals surface area contributed by atoms with Gasteiger partial charge in [0.15, 0.2) is 0 Å². The van der Waals surface area contributed by atoms with Gasteiger partial charge in [0.25, 0.3) is 0 Å². The average molecular weight is 228 g/mol. The van der Waals surface area contributed by atoms with Crippen LogP contribution >= 0.6 is 0 Å². The number of rotatable bonds is 6. The zero-order valence-corrected chi connectivity index (χ0v) is 10.1. The number of aliphatic hydroxyl groups excluding tert-OH is 1. The number of hydrogen-bond donors (Lipinski definition) is 1. The van der Waals surface area contributed by atoms with Crippen molar-refractivity contribution in [2.24, 2.45) is 0 Å². The first kappa shape index (κ1) is 12.3. The minimum atomic E-state index is 0.291. The second-order valence-electron chi connectivity index (χ2n) is 4.80. The SMILES string of the molecule is OCCN(CCN1CCOCC1)C1CCC1. The molecule has 1 saturated heterocycles. The third-order valence-electron chi connectivity index (χ3n) is 3.79. The van der Waals surface area contributed by atoms with Crippen molar-refractivity contribution in [2.45, 2.75) is 25.3 Å². The van der Waals surface area contributed by atoms with E-state index in [2.05, 4.69) is 9.80 Å². The van der Waals surface area contributed by atoms with Gasteiger partial charge in [0.1, 0.15) is 0 Å². The van der Waals surface area contributed by atoms with Gasteiger partial charge in [0.05, 0.1) is 19.8 Å². The summed E-state index contributed by atoms with van der Waals surface area (Å²) >= 11 is 0. The van der Waals surface area contributed by atoms with Crippen molar-refractivity contribution >= 4 is 0 Å². The second-order valence-corrected chi connectivity index (χ2v) is 4.80. The Morgan fingerprint density at radius 3 is 2.50 bits per heavy atom. The highest BCUT2D eigenvalue weighted by Gasteiger charge is 2.24. The molecule has 94 valence electrons. The molecule has 1 aliphatic heterocycles. The van der Waals surface area contributed by atoms with Crippen LogP contribution < -0.4 is 0 Å². The van der Waals surface area contributed by atoms with Crippen molar-refractivity contribution in [1.82, 2.24) is 9.80 Å². The smallest absolute Gasteiger partial charge is 0.0594 e. The van der Waals surface area contributed by atoms with Gasteiger partial charge in [-0.2, -0.15) is 0 Å². The Morgan fingerprint density at radius 2 is 1.94 bits per heavy atom. The Hall–Kier alpha value is -0.160. The molecular weight excluding hydrogens is 204 g/mol. The van der Waals surface area contributed by atoms with Crippen LogP contribution in [0.25, 0.3) is 0 Å². The van der Waals surface area contributed by atoms with E-state index >= 15 is 0 Å². The van der Waals surface area contributed by atoms with E-state index in [0.717, 1.165) is 52.0 Å². The standard InChI is InChI=1S/C12H24N2O2/c15-9-6-14(12-2-1-3-12)5-4-13-7-10-16-11-8-13/h12,15H,1-11H2. The van der Waals surface area contributed by atoms with E-state index < -0.39 is 0 Å². The fourth-order valence-electron chi connectivity index (χ4n) is 2.45. The van der Waals surface area contributed by atoms with Gasteiger partial charge in [-0.3, -0.25) is 9.80 Å². The molecule has 0 aromatic heterocycles. The maximum Gasteiger partial charge on any atom is 0.0594 e. The molecule has 0 aromatic rings. The molecule has 1 saturated carbocycles. The predicted octanol–water partition coefficient (Wildman–Crippen LogP) is 0.165. The van der Waals surface area contributed by atoms with E-state index in [1.54, 1.807) is 0 Å². The molecule has 1 heterocycles. The average Bonchev–Trinajstić information content (AvgIpc) is 2.25. The van der Waals surface area contributed by atoms with Gasteiger partial charge in [-0.25, -0.2) is 0 Å². The Labute approximate surface area is 98.2 Å². The summed E-state index contributed by atoms with van der Waals surface area (Å²) < 4.78 is 5.34. The molecule has 0 amide bonds. The van der Waals surface area contributed by atoms with Crippen LogP contribution in [0.3, 0.4) is 0 Å². The highest BCUT2D eigenvalue weighted by Crippen LogP contribution is 2.24. The molecule has 2 rings (SSSR count). The van der Waals surface area contributed by atoms with Crippen LogP contribution in [0.15, 0.2) is 0 Å². The summed E-state index contributed by atoms with van der Waals surface area (Å²) in [6.07, 6.45) is 4.01. The van der Waals surface area contributed by atoms with Gasteiger partial charge >= 0.3 is 0 Å². The summed E-state index contributed by atoms with van der Waals surface area (Å²) in [5.74, 6) is 0. The lowest BCUT2D eigenvalue weighted by Crippen LogP contribution is -2.47. The first-order valence-electron chi connectivity index (χ1n) is 6.55. The Balaban J connectivity index is 1.67. The van der Waals surface area contributed by atoms with Crippen molar-refractivity contribution in [2.75, 3.05) is 52.5 Å². The molecule has 4 heteroatoms. The molecule has 0 aromatic carbocycles. The third-order valence-corrected chi connectivity index (χ3v) is 3.79. The molecule has 2 aliphatic rings. The Morgan fingerprint density at radius 1 is 1.19 bits per heavy atom. The van der Waals surface area contributed by atoms with Crippen molar-refractivity contribution < 1.29 is 9.84 Å². The van der Waals surface area contributed by atoms with Crippen LogP contribution in [0.2, 0.25) is 0 Å². The summed E-state index contributed by atoms with van der Waals surface area (Å²) in [5, 5.41) is 9.07. The van der Waals surface area contributed by atoms with Crippen LogP contribution in [0.4, 0.5) is 0 Å². The number of aliphatic hydroxyl groups is 1. The van der Waals surface area contributed by atoms with Crippen LogP contribution in [0, 0.1) is 0 Å². The first-order valence-corrected chi connectivity index (χ1v) is 6.55. The monoisotopic (exact) mass is 228 g/mol. The number of morpholine rings is 1. The van der Waals surface area contributed by atoms with Crippen LogP contribution in [-0.4, -0.2) is 73.5 Å². The van der Waals surface area contributed by atoms with Gasteiger partial charge in [-0.15, -0.1) is 0 Å². The van der Waals surface area contributed by atoms with Gasteiger partial charge in [0.2, 0.25) is 0 Å². The van der Waals surface area contributed by atoms with E-state index in [0.29, 0.717) is 6.61 Å². The molecule has 0 unspecified atom stereocenters. The molecule has 4 nitrogen and oxygen atoms in total. The van der Waals surface area contributed by atoms with Gasteiger partial charge in [-0.05, 0) is 12.8 Å². The lowest BCUT2D eigenvalue weighted by atomic mass is 9.91. The maximum absolute atomic E-state index is 9.07. The minimum absolute atomic E-state index is 0.291. The molecule has 1 N–H and O–H groups in total. The van der Waals surface area contributed by atoms with Gasteiger partial charge in [-0.1, -0.05) is 6.42 Å². The zero-order valence-electron chi connectivity index (χ0n) is 10.1. The third kappa shape index (κ3) is 3.42. The quantitative estimate of drug-likeness (QED) is 0.703. The van der Waals surface area contributed by atoms with Crippen molar-refractivity contribution in [1.29, 1.82) is 0 Å². The summed E-state index contributed by atoms with van der Waals surface area (Å²) in [6, 6.07) is 0.744. The molecule has 0 spiro atoms. The molecule has 0 bridgehead atoms. The summed E-state index contributed by atoms with van der Waals surface area (Å²) in [5.41, 5.74) is 0. The zero-order chi connectivity index (χ0) is 11.2. The largest absolute Gasteiger partial charge is 0.395 e. The molecule has 2 fully saturated rings. The molecule has 0 radical (unpaired) electrons. The minimum Gasteiger partial charge on any atom is -0.395 e. The van der Waals surface area contributed by atoms with Crippen LogP contribution in [0.5, 0.6) is 0 Å². The fraction of sp³-hybridized carbons (Fsp3) is 1.00. The van der Waals surface area contributed by atoms with E-state index in [9.17, 15) is 0 Å². The number of hydrogen-bond acceptors (Lipinski definition) is 4. The van der Waals surface area contributed by atoms with E-state index in [1.165, 1.54) is 19.3 Å². The fourth-order valence-corrected chi connectivity index (χ4v) is 2.45. The number of nitrogens with zero attached hydrogens (tertiary/aromatic N) is 2. The molecule has 1 aliphatic carbocycles. The predicted molar refractivity (Wildman–Crippen MR) is 63.6 cm³/mol. The van der Waals surface area contributed by atoms with Gasteiger partial charge < -0.3 is 9.84 Å². The van der Waals surface area contributed by atoms with E-state index in [-0.39, 0.29) is 0 Å². The summed E-state index contributed by atoms with van der Waals surface area (Å²) in [7, 11) is 0. The van der Waals surface area contributed by atoms with Crippen molar-refractivity contribution in [3.63, 3.8) is 0 Å². The maximum atomic E-state index is 9.07. The van der Waals surface area contributed by atoms with E-state index in [1.807, 2.05) is 0 Å². The normalized spacial score (nSPS) is 23.6. The van der Waals surface area contributed by atoms with Gasteiger partial charge in [0, 0.05) is 38.8 Å². The van der Waals surface area contributed by atoms with Crippen molar-refractivity contribution in [3.8, 4) is 0 Å². The molecular formula is C12H24N2O2. The summed E-state index contributed by atoms with van der Waals surface area (Å²) in [6.45, 7) is 7.25. The Bertz CT molecular complexity index is 191. The molecule has 16 heavy (non-hydrogen) atoms. The highest BCUT2D eigenvalue weighted by molar-refractivity contribution is 4.80. The summed E-state index contributed by atoms with van der Waals surface area (Å²) in [4.78, 5) is 4.92. The topological polar surface area (TPSA) is 35.9 Å². The first-order chi connectivity index (χ1) is 7.90. The van der Waals surface area contributed by atoms with Crippen molar-refractivity contribution in [3.05, 3.63) is 0 Å². The van der Waals surface area contributed by atoms with Crippen LogP contribution in [0.1, 0.15) is 19.3 Å². The van der Waals surface area contributed by atoms with E-state index in [4.69, 9.17) is 9.84 Å². The molecule has 0 atom stereocenters. The lowest BCUT2D eigenvalue weighted by Gasteiger charge is -2.38. The second kappa shape index (κ2) is 6.55. The lowest BCUT2D eigenvalue weighted by molar-refractivity contribution is 0.0246. The van der Waals surface area contributed by atoms with Crippen LogP contribution in [-0.2, 0) is 4.74 Å². The number of ether oxygens (including phenoxy) is 1.